The fraction of sp³-hybridized carbons (Fsp3) is 0.133. The molecule has 0 radical (unpaired) electrons. The topological polar surface area (TPSA) is 59.1 Å². The molecule has 120 valence electrons. The van der Waals surface area contributed by atoms with Crippen molar-refractivity contribution in [1.29, 1.82) is 0 Å². The highest BCUT2D eigenvalue weighted by molar-refractivity contribution is 6.30. The molecular weight excluding hydrogens is 333 g/mol. The number of amides is 1. The number of pyridine rings is 1. The van der Waals surface area contributed by atoms with Gasteiger partial charge in [-0.2, -0.15) is 13.2 Å². The second kappa shape index (κ2) is 6.78. The third kappa shape index (κ3) is 4.29. The Hall–Kier alpha value is -2.41. The third-order valence-electron chi connectivity index (χ3n) is 2.95. The quantitative estimate of drug-likeness (QED) is 0.867. The fourth-order valence-corrected chi connectivity index (χ4v) is 1.94. The second-order valence-electron chi connectivity index (χ2n) is 4.53. The zero-order valence-corrected chi connectivity index (χ0v) is 12.3. The van der Waals surface area contributed by atoms with E-state index in [1.807, 2.05) is 0 Å². The first kappa shape index (κ1) is 17.0. The SMILES string of the molecule is O=C(CNC(=O)c1cnccc1C(F)(F)F)c1ccc(Cl)cc1. The van der Waals surface area contributed by atoms with Gasteiger partial charge in [-0.3, -0.25) is 14.6 Å². The van der Waals surface area contributed by atoms with Crippen LogP contribution in [0.25, 0.3) is 0 Å². The molecule has 0 aliphatic heterocycles. The summed E-state index contributed by atoms with van der Waals surface area (Å²) < 4.78 is 38.5. The largest absolute Gasteiger partial charge is 0.417 e. The summed E-state index contributed by atoms with van der Waals surface area (Å²) in [5, 5.41) is 2.60. The van der Waals surface area contributed by atoms with Crippen molar-refractivity contribution in [3.8, 4) is 0 Å². The number of hydrogen-bond acceptors (Lipinski definition) is 3. The van der Waals surface area contributed by atoms with Gasteiger partial charge in [0, 0.05) is 23.0 Å². The Balaban J connectivity index is 2.09. The van der Waals surface area contributed by atoms with Gasteiger partial charge in [0.2, 0.25) is 0 Å². The van der Waals surface area contributed by atoms with Gasteiger partial charge in [0.15, 0.2) is 5.78 Å². The molecule has 0 spiro atoms. The lowest BCUT2D eigenvalue weighted by Crippen LogP contribution is -2.31. The molecular formula is C15H10ClF3N2O2. The number of carbonyl (C=O) groups is 2. The molecule has 2 rings (SSSR count). The minimum absolute atomic E-state index is 0.289. The van der Waals surface area contributed by atoms with Crippen LogP contribution in [0.3, 0.4) is 0 Å². The van der Waals surface area contributed by atoms with Crippen molar-refractivity contribution >= 4 is 23.3 Å². The number of nitrogens with one attached hydrogen (secondary N) is 1. The summed E-state index contributed by atoms with van der Waals surface area (Å²) in [5.74, 6) is -1.47. The maximum atomic E-state index is 12.8. The number of benzene rings is 1. The van der Waals surface area contributed by atoms with Crippen LogP contribution >= 0.6 is 11.6 Å². The van der Waals surface area contributed by atoms with Crippen molar-refractivity contribution in [3.63, 3.8) is 0 Å². The predicted molar refractivity (Wildman–Crippen MR) is 77.4 cm³/mol. The summed E-state index contributed by atoms with van der Waals surface area (Å²) >= 11 is 5.69. The molecule has 0 aliphatic rings. The van der Waals surface area contributed by atoms with E-state index in [9.17, 15) is 22.8 Å². The van der Waals surface area contributed by atoms with Gasteiger partial charge in [0.25, 0.3) is 5.91 Å². The van der Waals surface area contributed by atoms with Gasteiger partial charge in [0.05, 0.1) is 17.7 Å². The van der Waals surface area contributed by atoms with E-state index in [-0.39, 0.29) is 5.56 Å². The van der Waals surface area contributed by atoms with Crippen molar-refractivity contribution in [2.75, 3.05) is 6.54 Å². The summed E-state index contributed by atoms with van der Waals surface area (Å²) in [5.41, 5.74) is -1.45. The monoisotopic (exact) mass is 342 g/mol. The second-order valence-corrected chi connectivity index (χ2v) is 4.97. The Morgan fingerprint density at radius 3 is 2.39 bits per heavy atom. The Labute approximate surface area is 134 Å². The highest BCUT2D eigenvalue weighted by Gasteiger charge is 2.35. The fourth-order valence-electron chi connectivity index (χ4n) is 1.82. The molecule has 1 amide bonds. The first-order valence-corrected chi connectivity index (χ1v) is 6.75. The summed E-state index contributed by atoms with van der Waals surface area (Å²) in [6.07, 6.45) is -2.93. The van der Waals surface area contributed by atoms with E-state index in [0.29, 0.717) is 11.1 Å². The Morgan fingerprint density at radius 1 is 1.13 bits per heavy atom. The number of Topliss-reactive ketones (excluding diaryl/α,β-unsaturated/α-hetero) is 1. The van der Waals surface area contributed by atoms with Crippen molar-refractivity contribution in [2.45, 2.75) is 6.18 Å². The lowest BCUT2D eigenvalue weighted by molar-refractivity contribution is -0.138. The smallest absolute Gasteiger partial charge is 0.345 e. The number of carbonyl (C=O) groups excluding carboxylic acids is 2. The van der Waals surface area contributed by atoms with Gasteiger partial charge >= 0.3 is 6.18 Å². The number of halogens is 4. The van der Waals surface area contributed by atoms with E-state index in [4.69, 9.17) is 11.6 Å². The highest BCUT2D eigenvalue weighted by Crippen LogP contribution is 2.31. The third-order valence-corrected chi connectivity index (χ3v) is 3.20. The average Bonchev–Trinajstić information content (AvgIpc) is 2.52. The minimum atomic E-state index is -4.68. The van der Waals surface area contributed by atoms with E-state index in [1.54, 1.807) is 0 Å². The molecule has 1 aromatic heterocycles. The first-order valence-electron chi connectivity index (χ1n) is 6.37. The van der Waals surface area contributed by atoms with E-state index in [2.05, 4.69) is 10.3 Å². The molecule has 1 aromatic carbocycles. The number of nitrogens with zero attached hydrogens (tertiary/aromatic N) is 1. The molecule has 1 heterocycles. The Morgan fingerprint density at radius 2 is 1.78 bits per heavy atom. The Bertz CT molecular complexity index is 730. The van der Waals surface area contributed by atoms with Crippen molar-refractivity contribution in [1.82, 2.24) is 10.3 Å². The number of alkyl halides is 3. The molecule has 0 bridgehead atoms. The molecule has 4 nitrogen and oxygen atoms in total. The lowest BCUT2D eigenvalue weighted by atomic mass is 10.1. The van der Waals surface area contributed by atoms with Crippen molar-refractivity contribution in [2.24, 2.45) is 0 Å². The number of hydrogen-bond donors (Lipinski definition) is 1. The standard InChI is InChI=1S/C15H10ClF3N2O2/c16-10-3-1-9(2-4-10)13(22)8-21-14(23)11-7-20-6-5-12(11)15(17,18)19/h1-7H,8H2,(H,21,23). The van der Waals surface area contributed by atoms with Crippen LogP contribution in [0, 0.1) is 0 Å². The zero-order valence-electron chi connectivity index (χ0n) is 11.5. The van der Waals surface area contributed by atoms with Crippen LogP contribution in [0.1, 0.15) is 26.3 Å². The van der Waals surface area contributed by atoms with Crippen LogP contribution in [0.4, 0.5) is 13.2 Å². The van der Waals surface area contributed by atoms with Crippen LogP contribution in [-0.2, 0) is 6.18 Å². The van der Waals surface area contributed by atoms with Crippen molar-refractivity contribution < 1.29 is 22.8 Å². The van der Waals surface area contributed by atoms with Gasteiger partial charge in [-0.1, -0.05) is 11.6 Å². The molecule has 8 heteroatoms. The number of rotatable bonds is 4. The molecule has 0 atom stereocenters. The normalized spacial score (nSPS) is 11.1. The van der Waals surface area contributed by atoms with E-state index in [1.165, 1.54) is 24.3 Å². The van der Waals surface area contributed by atoms with E-state index in [0.717, 1.165) is 12.4 Å². The first-order chi connectivity index (χ1) is 10.8. The summed E-state index contributed by atoms with van der Waals surface area (Å²) in [4.78, 5) is 27.3. The van der Waals surface area contributed by atoms with Gasteiger partial charge in [-0.15, -0.1) is 0 Å². The van der Waals surface area contributed by atoms with Crippen LogP contribution < -0.4 is 5.32 Å². The Kier molecular flexibility index (Phi) is 5.00. The van der Waals surface area contributed by atoms with E-state index < -0.39 is 35.5 Å². The molecule has 0 unspecified atom stereocenters. The van der Waals surface area contributed by atoms with Crippen LogP contribution in [0.15, 0.2) is 42.7 Å². The molecule has 1 N–H and O–H groups in total. The summed E-state index contributed by atoms with van der Waals surface area (Å²) in [6.45, 7) is -0.438. The maximum absolute atomic E-state index is 12.8. The molecule has 0 aliphatic carbocycles. The molecule has 0 fully saturated rings. The predicted octanol–water partition coefficient (Wildman–Crippen LogP) is 3.37. The molecule has 23 heavy (non-hydrogen) atoms. The van der Waals surface area contributed by atoms with E-state index >= 15 is 0 Å². The highest BCUT2D eigenvalue weighted by atomic mass is 35.5. The lowest BCUT2D eigenvalue weighted by Gasteiger charge is -2.11. The van der Waals surface area contributed by atoms with Crippen LogP contribution in [0.2, 0.25) is 5.02 Å². The number of aromatic nitrogens is 1. The summed E-state index contributed by atoms with van der Waals surface area (Å²) in [7, 11) is 0. The maximum Gasteiger partial charge on any atom is 0.417 e. The van der Waals surface area contributed by atoms with Gasteiger partial charge in [-0.25, -0.2) is 0 Å². The van der Waals surface area contributed by atoms with Crippen LogP contribution in [0.5, 0.6) is 0 Å². The zero-order chi connectivity index (χ0) is 17.0. The van der Waals surface area contributed by atoms with Crippen molar-refractivity contribution in [3.05, 3.63) is 64.4 Å². The minimum Gasteiger partial charge on any atom is -0.345 e. The van der Waals surface area contributed by atoms with Crippen LogP contribution in [-0.4, -0.2) is 23.2 Å². The van der Waals surface area contributed by atoms with Gasteiger partial charge < -0.3 is 5.32 Å². The molecule has 0 saturated carbocycles. The van der Waals surface area contributed by atoms with Gasteiger partial charge in [-0.05, 0) is 30.3 Å². The van der Waals surface area contributed by atoms with Gasteiger partial charge in [0.1, 0.15) is 0 Å². The molecule has 2 aromatic rings. The number of ketones is 1. The summed E-state index contributed by atoms with van der Waals surface area (Å²) in [6, 6.07) is 6.62. The average molecular weight is 343 g/mol. The molecule has 0 saturated heterocycles.